The number of benzene rings is 2. The summed E-state index contributed by atoms with van der Waals surface area (Å²) in [5.74, 6) is -1.13. The molecule has 0 unspecified atom stereocenters. The number of aliphatic hydroxyl groups excluding tert-OH is 1. The van der Waals surface area contributed by atoms with Crippen LogP contribution in [0.25, 0.3) is 0 Å². The maximum absolute atomic E-state index is 13.4. The minimum absolute atomic E-state index is 0.119. The summed E-state index contributed by atoms with van der Waals surface area (Å²) >= 11 is 0. The normalized spacial score (nSPS) is 10.5. The lowest BCUT2D eigenvalue weighted by molar-refractivity contribution is 0.299. The van der Waals surface area contributed by atoms with E-state index >= 15 is 0 Å². The second-order valence-electron chi connectivity index (χ2n) is 4.26. The van der Waals surface area contributed by atoms with Gasteiger partial charge in [0.15, 0.2) is 0 Å². The van der Waals surface area contributed by atoms with Crippen LogP contribution in [0.1, 0.15) is 11.1 Å². The summed E-state index contributed by atoms with van der Waals surface area (Å²) in [5.41, 5.74) is 2.31. The summed E-state index contributed by atoms with van der Waals surface area (Å²) in [4.78, 5) is 0. The maximum Gasteiger partial charge on any atom is 0.131 e. The molecule has 0 fully saturated rings. The summed E-state index contributed by atoms with van der Waals surface area (Å²) in [6.07, 6.45) is 0.618. The van der Waals surface area contributed by atoms with Gasteiger partial charge in [-0.3, -0.25) is 0 Å². The van der Waals surface area contributed by atoms with Crippen molar-refractivity contribution in [2.24, 2.45) is 0 Å². The molecule has 0 saturated heterocycles. The van der Waals surface area contributed by atoms with Gasteiger partial charge in [0.1, 0.15) is 11.6 Å². The van der Waals surface area contributed by atoms with Gasteiger partial charge in [-0.1, -0.05) is 18.2 Å². The lowest BCUT2D eigenvalue weighted by atomic mass is 10.1. The molecule has 0 aliphatic rings. The molecule has 2 aromatic carbocycles. The standard InChI is InChI=1S/C15H15F2NO/c16-13-4-3-12(15(17)9-13)10-18-14-5-1-11(2-6-14)7-8-19/h1-6,9,18-19H,7-8,10H2. The van der Waals surface area contributed by atoms with Crippen LogP contribution in [0.15, 0.2) is 42.5 Å². The molecule has 0 aliphatic heterocycles. The topological polar surface area (TPSA) is 32.3 Å². The van der Waals surface area contributed by atoms with Crippen molar-refractivity contribution in [1.82, 2.24) is 0 Å². The molecule has 100 valence electrons. The van der Waals surface area contributed by atoms with Crippen LogP contribution in [0.2, 0.25) is 0 Å². The molecule has 2 nitrogen and oxygen atoms in total. The number of hydrogen-bond acceptors (Lipinski definition) is 2. The van der Waals surface area contributed by atoms with Gasteiger partial charge in [0, 0.05) is 30.5 Å². The Morgan fingerprint density at radius 2 is 1.74 bits per heavy atom. The Hall–Kier alpha value is -1.94. The molecule has 0 radical (unpaired) electrons. The van der Waals surface area contributed by atoms with Crippen LogP contribution in [0.4, 0.5) is 14.5 Å². The third-order valence-electron chi connectivity index (χ3n) is 2.85. The fourth-order valence-electron chi connectivity index (χ4n) is 1.78. The largest absolute Gasteiger partial charge is 0.396 e. The Labute approximate surface area is 110 Å². The van der Waals surface area contributed by atoms with Crippen LogP contribution in [-0.4, -0.2) is 11.7 Å². The van der Waals surface area contributed by atoms with Crippen LogP contribution >= 0.6 is 0 Å². The van der Waals surface area contributed by atoms with E-state index < -0.39 is 11.6 Å². The summed E-state index contributed by atoms with van der Waals surface area (Å²) in [6.45, 7) is 0.416. The van der Waals surface area contributed by atoms with Crippen LogP contribution in [0.3, 0.4) is 0 Å². The Balaban J connectivity index is 1.98. The second kappa shape index (κ2) is 6.29. The zero-order valence-electron chi connectivity index (χ0n) is 10.4. The monoisotopic (exact) mass is 263 g/mol. The molecular formula is C15H15F2NO. The molecule has 2 rings (SSSR count). The van der Waals surface area contributed by atoms with Crippen molar-refractivity contribution >= 4 is 5.69 Å². The van der Waals surface area contributed by atoms with Crippen LogP contribution in [0.5, 0.6) is 0 Å². The van der Waals surface area contributed by atoms with Crippen molar-refractivity contribution in [2.75, 3.05) is 11.9 Å². The Kier molecular flexibility index (Phi) is 4.47. The average Bonchev–Trinajstić information content (AvgIpc) is 2.40. The van der Waals surface area contributed by atoms with E-state index in [1.54, 1.807) is 0 Å². The first-order chi connectivity index (χ1) is 9.19. The molecule has 0 atom stereocenters. The van der Waals surface area contributed by atoms with E-state index in [9.17, 15) is 8.78 Å². The molecule has 0 saturated carbocycles. The van der Waals surface area contributed by atoms with E-state index in [1.165, 1.54) is 12.1 Å². The molecule has 0 aromatic heterocycles. The van der Waals surface area contributed by atoms with Crippen LogP contribution in [-0.2, 0) is 13.0 Å². The molecule has 2 aromatic rings. The van der Waals surface area contributed by atoms with Gasteiger partial charge >= 0.3 is 0 Å². The van der Waals surface area contributed by atoms with Crippen LogP contribution in [0, 0.1) is 11.6 Å². The van der Waals surface area contributed by atoms with Crippen molar-refractivity contribution in [1.29, 1.82) is 0 Å². The summed E-state index contributed by atoms with van der Waals surface area (Å²) < 4.78 is 26.2. The third kappa shape index (κ3) is 3.76. The van der Waals surface area contributed by atoms with Crippen molar-refractivity contribution in [2.45, 2.75) is 13.0 Å². The predicted octanol–water partition coefficient (Wildman–Crippen LogP) is 3.11. The van der Waals surface area contributed by atoms with E-state index in [-0.39, 0.29) is 6.61 Å². The lowest BCUT2D eigenvalue weighted by Crippen LogP contribution is -2.02. The molecule has 2 N–H and O–H groups in total. The van der Waals surface area contributed by atoms with Gasteiger partial charge in [0.25, 0.3) is 0 Å². The molecule has 0 aliphatic carbocycles. The van der Waals surface area contributed by atoms with Crippen molar-refractivity contribution in [3.05, 3.63) is 65.2 Å². The fraction of sp³-hybridized carbons (Fsp3) is 0.200. The van der Waals surface area contributed by atoms with Crippen LogP contribution < -0.4 is 5.32 Å². The highest BCUT2D eigenvalue weighted by atomic mass is 19.1. The van der Waals surface area contributed by atoms with E-state index in [2.05, 4.69) is 5.32 Å². The van der Waals surface area contributed by atoms with Crippen molar-refractivity contribution in [3.8, 4) is 0 Å². The highest BCUT2D eigenvalue weighted by Gasteiger charge is 2.03. The molecule has 0 amide bonds. The maximum atomic E-state index is 13.4. The van der Waals surface area contributed by atoms with Gasteiger partial charge in [-0.05, 0) is 30.2 Å². The number of anilines is 1. The van der Waals surface area contributed by atoms with E-state index in [0.717, 1.165) is 17.3 Å². The smallest absolute Gasteiger partial charge is 0.131 e. The van der Waals surface area contributed by atoms with Gasteiger partial charge in [-0.2, -0.15) is 0 Å². The van der Waals surface area contributed by atoms with Crippen molar-refractivity contribution in [3.63, 3.8) is 0 Å². The quantitative estimate of drug-likeness (QED) is 0.868. The highest BCUT2D eigenvalue weighted by Crippen LogP contribution is 2.14. The zero-order valence-corrected chi connectivity index (χ0v) is 10.4. The minimum Gasteiger partial charge on any atom is -0.396 e. The molecular weight excluding hydrogens is 248 g/mol. The number of nitrogens with one attached hydrogen (secondary N) is 1. The predicted molar refractivity (Wildman–Crippen MR) is 70.9 cm³/mol. The Morgan fingerprint density at radius 1 is 1.00 bits per heavy atom. The molecule has 19 heavy (non-hydrogen) atoms. The van der Waals surface area contributed by atoms with Gasteiger partial charge in [-0.15, -0.1) is 0 Å². The summed E-state index contributed by atoms with van der Waals surface area (Å²) in [6, 6.07) is 11.1. The fourth-order valence-corrected chi connectivity index (χ4v) is 1.78. The average molecular weight is 263 g/mol. The molecule has 0 heterocycles. The molecule has 0 bridgehead atoms. The first kappa shape index (κ1) is 13.5. The first-order valence-electron chi connectivity index (χ1n) is 6.06. The van der Waals surface area contributed by atoms with Gasteiger partial charge in [0.2, 0.25) is 0 Å². The van der Waals surface area contributed by atoms with E-state index in [4.69, 9.17) is 5.11 Å². The third-order valence-corrected chi connectivity index (χ3v) is 2.85. The number of aliphatic hydroxyl groups is 1. The molecule has 0 spiro atoms. The summed E-state index contributed by atoms with van der Waals surface area (Å²) in [7, 11) is 0. The van der Waals surface area contributed by atoms with Gasteiger partial charge in [-0.25, -0.2) is 8.78 Å². The number of hydrogen-bond donors (Lipinski definition) is 2. The van der Waals surface area contributed by atoms with Crippen molar-refractivity contribution < 1.29 is 13.9 Å². The lowest BCUT2D eigenvalue weighted by Gasteiger charge is -2.08. The Morgan fingerprint density at radius 3 is 2.37 bits per heavy atom. The van der Waals surface area contributed by atoms with Gasteiger partial charge < -0.3 is 10.4 Å². The minimum atomic E-state index is -0.574. The van der Waals surface area contributed by atoms with E-state index in [0.29, 0.717) is 18.5 Å². The highest BCUT2D eigenvalue weighted by molar-refractivity contribution is 5.45. The van der Waals surface area contributed by atoms with E-state index in [1.807, 2.05) is 24.3 Å². The van der Waals surface area contributed by atoms with Gasteiger partial charge in [0.05, 0.1) is 0 Å². The summed E-state index contributed by atoms with van der Waals surface area (Å²) in [5, 5.41) is 11.9. The molecule has 4 heteroatoms. The zero-order chi connectivity index (χ0) is 13.7. The number of rotatable bonds is 5. The number of halogens is 2. The first-order valence-corrected chi connectivity index (χ1v) is 6.06. The Bertz CT molecular complexity index is 540. The SMILES string of the molecule is OCCc1ccc(NCc2ccc(F)cc2F)cc1. The second-order valence-corrected chi connectivity index (χ2v) is 4.26.